The Morgan fingerprint density at radius 1 is 1.33 bits per heavy atom. The van der Waals surface area contributed by atoms with Crippen LogP contribution >= 0.6 is 0 Å². The van der Waals surface area contributed by atoms with Crippen LogP contribution in [-0.4, -0.2) is 31.1 Å². The Bertz CT molecular complexity index is 615. The summed E-state index contributed by atoms with van der Waals surface area (Å²) in [5.74, 6) is -1.10. The Morgan fingerprint density at radius 3 is 2.62 bits per heavy atom. The monoisotopic (exact) mass is 290 g/mol. The number of ketones is 1. The topological polar surface area (TPSA) is 72.8 Å². The standard InChI is InChI=1S/C16H18O5/c1-4-13(17)14-12(16(19)21-3)7-9-5-6-10(20-2)8-11(9)15(14)18/h5-6,8,12,18H,4,7H2,1-3H3/t12-/m0/s1. The molecule has 0 spiro atoms. The van der Waals surface area contributed by atoms with E-state index in [9.17, 15) is 14.7 Å². The number of rotatable bonds is 4. The molecule has 112 valence electrons. The number of ether oxygens (including phenoxy) is 2. The van der Waals surface area contributed by atoms with Gasteiger partial charge in [-0.3, -0.25) is 9.59 Å². The van der Waals surface area contributed by atoms with Gasteiger partial charge in [-0.05, 0) is 24.1 Å². The van der Waals surface area contributed by atoms with Crippen LogP contribution in [0.25, 0.3) is 5.76 Å². The lowest BCUT2D eigenvalue weighted by Crippen LogP contribution is -2.29. The van der Waals surface area contributed by atoms with Crippen molar-refractivity contribution in [2.24, 2.45) is 5.92 Å². The fourth-order valence-corrected chi connectivity index (χ4v) is 2.57. The minimum Gasteiger partial charge on any atom is -0.507 e. The lowest BCUT2D eigenvalue weighted by Gasteiger charge is -2.25. The number of hydrogen-bond donors (Lipinski definition) is 1. The molecule has 0 aromatic heterocycles. The third-order valence-electron chi connectivity index (χ3n) is 3.71. The zero-order valence-electron chi connectivity index (χ0n) is 12.3. The predicted molar refractivity (Wildman–Crippen MR) is 77.1 cm³/mol. The zero-order chi connectivity index (χ0) is 15.6. The highest BCUT2D eigenvalue weighted by molar-refractivity contribution is 6.06. The average Bonchev–Trinajstić information content (AvgIpc) is 2.52. The fraction of sp³-hybridized carbons (Fsp3) is 0.375. The van der Waals surface area contributed by atoms with Gasteiger partial charge in [0.2, 0.25) is 0 Å². The fourth-order valence-electron chi connectivity index (χ4n) is 2.57. The van der Waals surface area contributed by atoms with E-state index in [0.717, 1.165) is 5.56 Å². The molecular weight excluding hydrogens is 272 g/mol. The average molecular weight is 290 g/mol. The first-order chi connectivity index (χ1) is 10.0. The minimum atomic E-state index is -0.761. The highest BCUT2D eigenvalue weighted by atomic mass is 16.5. The van der Waals surface area contributed by atoms with E-state index in [0.29, 0.717) is 17.7 Å². The van der Waals surface area contributed by atoms with Crippen LogP contribution in [-0.2, 0) is 20.7 Å². The number of fused-ring (bicyclic) bond motifs is 1. The van der Waals surface area contributed by atoms with Crippen LogP contribution < -0.4 is 4.74 Å². The highest BCUT2D eigenvalue weighted by Gasteiger charge is 2.36. The summed E-state index contributed by atoms with van der Waals surface area (Å²) in [7, 11) is 2.80. The molecule has 5 nitrogen and oxygen atoms in total. The lowest BCUT2D eigenvalue weighted by atomic mass is 9.80. The molecule has 0 saturated heterocycles. The second-order valence-corrected chi connectivity index (χ2v) is 4.84. The van der Waals surface area contributed by atoms with Gasteiger partial charge in [0.15, 0.2) is 5.78 Å². The van der Waals surface area contributed by atoms with Crippen molar-refractivity contribution in [3.63, 3.8) is 0 Å². The Kier molecular flexibility index (Phi) is 4.31. The van der Waals surface area contributed by atoms with Gasteiger partial charge in [-0.1, -0.05) is 13.0 Å². The first kappa shape index (κ1) is 15.1. The summed E-state index contributed by atoms with van der Waals surface area (Å²) in [6.07, 6.45) is 0.545. The molecule has 1 aliphatic rings. The molecule has 0 aliphatic heterocycles. The largest absolute Gasteiger partial charge is 0.507 e. The Balaban J connectivity index is 2.60. The Labute approximate surface area is 123 Å². The van der Waals surface area contributed by atoms with Gasteiger partial charge in [-0.2, -0.15) is 0 Å². The summed E-state index contributed by atoms with van der Waals surface area (Å²) >= 11 is 0. The van der Waals surface area contributed by atoms with Gasteiger partial charge in [-0.15, -0.1) is 0 Å². The summed E-state index contributed by atoms with van der Waals surface area (Å²) in [6, 6.07) is 5.21. The zero-order valence-corrected chi connectivity index (χ0v) is 12.3. The molecule has 0 radical (unpaired) electrons. The van der Waals surface area contributed by atoms with Crippen LogP contribution in [0.2, 0.25) is 0 Å². The summed E-state index contributed by atoms with van der Waals surface area (Å²) < 4.78 is 9.90. The van der Waals surface area contributed by atoms with Crippen molar-refractivity contribution in [1.82, 2.24) is 0 Å². The SMILES string of the molecule is CCC(=O)C1=C(O)c2cc(OC)ccc2C[C@@H]1C(=O)OC. The molecule has 21 heavy (non-hydrogen) atoms. The summed E-state index contributed by atoms with van der Waals surface area (Å²) in [4.78, 5) is 24.0. The Hall–Kier alpha value is -2.30. The van der Waals surface area contributed by atoms with E-state index in [1.165, 1.54) is 14.2 Å². The van der Waals surface area contributed by atoms with Crippen molar-refractivity contribution >= 4 is 17.5 Å². The van der Waals surface area contributed by atoms with E-state index >= 15 is 0 Å². The van der Waals surface area contributed by atoms with E-state index in [-0.39, 0.29) is 23.5 Å². The smallest absolute Gasteiger partial charge is 0.313 e. The summed E-state index contributed by atoms with van der Waals surface area (Å²) in [5.41, 5.74) is 1.45. The van der Waals surface area contributed by atoms with Gasteiger partial charge in [0.1, 0.15) is 11.5 Å². The first-order valence-corrected chi connectivity index (χ1v) is 6.74. The van der Waals surface area contributed by atoms with Gasteiger partial charge in [-0.25, -0.2) is 0 Å². The third kappa shape index (κ3) is 2.63. The molecule has 0 heterocycles. The number of benzene rings is 1. The van der Waals surface area contributed by atoms with E-state index in [2.05, 4.69) is 0 Å². The molecule has 0 bridgehead atoms. The molecular formula is C16H18O5. The maximum absolute atomic E-state index is 12.1. The normalized spacial score (nSPS) is 17.2. The van der Waals surface area contributed by atoms with Crippen molar-refractivity contribution in [2.75, 3.05) is 14.2 Å². The van der Waals surface area contributed by atoms with Crippen LogP contribution in [0.1, 0.15) is 24.5 Å². The maximum Gasteiger partial charge on any atom is 0.313 e. The Morgan fingerprint density at radius 2 is 2.05 bits per heavy atom. The quantitative estimate of drug-likeness (QED) is 0.861. The molecule has 0 amide bonds. The lowest BCUT2D eigenvalue weighted by molar-refractivity contribution is -0.145. The van der Waals surface area contributed by atoms with E-state index < -0.39 is 11.9 Å². The molecule has 1 N–H and O–H groups in total. The number of aliphatic hydroxyl groups is 1. The number of carbonyl (C=O) groups is 2. The molecule has 1 aliphatic carbocycles. The summed E-state index contributed by atoms with van der Waals surface area (Å²) in [5, 5.41) is 10.5. The van der Waals surface area contributed by atoms with Gasteiger partial charge < -0.3 is 14.6 Å². The predicted octanol–water partition coefficient (Wildman–Crippen LogP) is 2.29. The van der Waals surface area contributed by atoms with Crippen LogP contribution in [0.3, 0.4) is 0 Å². The molecule has 2 rings (SSSR count). The third-order valence-corrected chi connectivity index (χ3v) is 3.71. The molecule has 0 saturated carbocycles. The number of hydrogen-bond acceptors (Lipinski definition) is 5. The van der Waals surface area contributed by atoms with Gasteiger partial charge in [0.25, 0.3) is 0 Å². The number of Topliss-reactive ketones (excluding diaryl/α,β-unsaturated/α-hetero) is 1. The van der Waals surface area contributed by atoms with Crippen LogP contribution in [0.4, 0.5) is 0 Å². The number of aliphatic hydroxyl groups excluding tert-OH is 1. The highest BCUT2D eigenvalue weighted by Crippen LogP contribution is 2.36. The van der Waals surface area contributed by atoms with E-state index in [1.54, 1.807) is 25.1 Å². The van der Waals surface area contributed by atoms with Crippen LogP contribution in [0.5, 0.6) is 5.75 Å². The van der Waals surface area contributed by atoms with Crippen molar-refractivity contribution < 1.29 is 24.2 Å². The van der Waals surface area contributed by atoms with Crippen molar-refractivity contribution in [1.29, 1.82) is 0 Å². The van der Waals surface area contributed by atoms with Gasteiger partial charge in [0, 0.05) is 12.0 Å². The van der Waals surface area contributed by atoms with E-state index in [1.807, 2.05) is 0 Å². The first-order valence-electron chi connectivity index (χ1n) is 6.74. The second kappa shape index (κ2) is 5.99. The van der Waals surface area contributed by atoms with Crippen molar-refractivity contribution in [2.45, 2.75) is 19.8 Å². The van der Waals surface area contributed by atoms with Crippen LogP contribution in [0.15, 0.2) is 23.8 Å². The molecule has 1 atom stereocenters. The van der Waals surface area contributed by atoms with Crippen molar-refractivity contribution in [3.05, 3.63) is 34.9 Å². The van der Waals surface area contributed by atoms with Crippen LogP contribution in [0, 0.1) is 5.92 Å². The molecule has 1 aromatic rings. The minimum absolute atomic E-state index is 0.130. The summed E-state index contributed by atoms with van der Waals surface area (Å²) in [6.45, 7) is 1.69. The molecule has 0 unspecified atom stereocenters. The molecule has 0 fully saturated rings. The molecule has 5 heteroatoms. The van der Waals surface area contributed by atoms with Gasteiger partial charge >= 0.3 is 5.97 Å². The maximum atomic E-state index is 12.1. The number of carbonyl (C=O) groups excluding carboxylic acids is 2. The number of esters is 1. The van der Waals surface area contributed by atoms with Crippen molar-refractivity contribution in [3.8, 4) is 5.75 Å². The van der Waals surface area contributed by atoms with Gasteiger partial charge in [0.05, 0.1) is 25.7 Å². The number of methoxy groups -OCH3 is 2. The molecule has 1 aromatic carbocycles. The van der Waals surface area contributed by atoms with E-state index in [4.69, 9.17) is 9.47 Å². The second-order valence-electron chi connectivity index (χ2n) is 4.84.